The van der Waals surface area contributed by atoms with Crippen LogP contribution in [0.3, 0.4) is 0 Å². The Morgan fingerprint density at radius 3 is 2.11 bits per heavy atom. The van der Waals surface area contributed by atoms with Gasteiger partial charge in [-0.15, -0.1) is 0 Å². The van der Waals surface area contributed by atoms with Gasteiger partial charge in [0.1, 0.15) is 11.6 Å². The van der Waals surface area contributed by atoms with Crippen molar-refractivity contribution in [2.75, 3.05) is 23.7 Å². The molecule has 3 N–H and O–H groups in total. The van der Waals surface area contributed by atoms with Crippen LogP contribution in [0.25, 0.3) is 5.69 Å². The number of benzene rings is 3. The van der Waals surface area contributed by atoms with Crippen molar-refractivity contribution in [3.05, 3.63) is 107 Å². The third-order valence-corrected chi connectivity index (χ3v) is 8.51. The first-order chi connectivity index (χ1) is 21.1. The third-order valence-electron chi connectivity index (χ3n) is 8.51. The number of carbonyl (C=O) groups is 2. The quantitative estimate of drug-likeness (QED) is 0.186. The summed E-state index contributed by atoms with van der Waals surface area (Å²) in [7, 11) is 0. The Balaban J connectivity index is 1.29. The number of hydrogen-bond donors (Lipinski definition) is 3. The van der Waals surface area contributed by atoms with Crippen molar-refractivity contribution in [1.82, 2.24) is 15.1 Å². The maximum absolute atomic E-state index is 13.7. The third kappa shape index (κ3) is 7.83. The van der Waals surface area contributed by atoms with E-state index in [4.69, 9.17) is 5.10 Å². The van der Waals surface area contributed by atoms with Gasteiger partial charge in [-0.1, -0.05) is 80.4 Å². The van der Waals surface area contributed by atoms with Crippen molar-refractivity contribution in [3.8, 4) is 5.69 Å². The Kier molecular flexibility index (Phi) is 9.64. The van der Waals surface area contributed by atoms with Gasteiger partial charge in [-0.2, -0.15) is 5.10 Å². The maximum Gasteiger partial charge on any atom is 0.324 e. The fourth-order valence-corrected chi connectivity index (χ4v) is 5.85. The van der Waals surface area contributed by atoms with E-state index < -0.39 is 0 Å². The number of nitrogens with zero attached hydrogens (tertiary/aromatic N) is 2. The number of urea groups is 1. The number of anilines is 2. The SMILES string of the molecule is Cc1ccc(CCC(=O)C(c2ccc(NC(=O)Nc3cc(C(C)(C)C)nn3-c3ccc(C)cc3)cc2)C2CCNCC2)cc1. The van der Waals surface area contributed by atoms with Crippen LogP contribution in [0, 0.1) is 19.8 Å². The number of Topliss-reactive ketones (excluding diaryl/α,β-unsaturated/α-hetero) is 1. The molecule has 1 atom stereocenters. The molecule has 7 heteroatoms. The minimum absolute atomic E-state index is 0.148. The number of rotatable bonds is 9. The number of piperidine rings is 1. The molecule has 0 bridgehead atoms. The maximum atomic E-state index is 13.7. The van der Waals surface area contributed by atoms with Gasteiger partial charge < -0.3 is 10.6 Å². The first kappa shape index (κ1) is 31.2. The monoisotopic (exact) mass is 591 g/mol. The molecular formula is C37H45N5O2. The first-order valence-corrected chi connectivity index (χ1v) is 15.7. The molecule has 0 saturated carbocycles. The molecule has 2 heterocycles. The van der Waals surface area contributed by atoms with Crippen LogP contribution in [0.4, 0.5) is 16.3 Å². The fourth-order valence-electron chi connectivity index (χ4n) is 5.85. The van der Waals surface area contributed by atoms with Gasteiger partial charge in [0.05, 0.1) is 11.4 Å². The van der Waals surface area contributed by atoms with E-state index in [0.717, 1.165) is 54.9 Å². The van der Waals surface area contributed by atoms with Gasteiger partial charge >= 0.3 is 6.03 Å². The number of aromatic nitrogens is 2. The van der Waals surface area contributed by atoms with Gasteiger partial charge in [0, 0.05) is 29.5 Å². The lowest BCUT2D eigenvalue weighted by Gasteiger charge is -2.30. The lowest BCUT2D eigenvalue weighted by molar-refractivity contribution is -0.121. The zero-order valence-corrected chi connectivity index (χ0v) is 26.6. The fraction of sp³-hybridized carbons (Fsp3) is 0.378. The highest BCUT2D eigenvalue weighted by molar-refractivity contribution is 5.99. The Hall–Kier alpha value is -4.23. The summed E-state index contributed by atoms with van der Waals surface area (Å²) in [6, 6.07) is 25.9. The molecule has 0 aliphatic carbocycles. The van der Waals surface area contributed by atoms with Gasteiger partial charge in [0.15, 0.2) is 0 Å². The largest absolute Gasteiger partial charge is 0.324 e. The summed E-state index contributed by atoms with van der Waals surface area (Å²) < 4.78 is 1.77. The number of amides is 2. The molecule has 1 fully saturated rings. The molecular weight excluding hydrogens is 546 g/mol. The molecule has 1 aliphatic heterocycles. The van der Waals surface area contributed by atoms with E-state index in [9.17, 15) is 9.59 Å². The van der Waals surface area contributed by atoms with Crippen molar-refractivity contribution in [2.24, 2.45) is 5.92 Å². The average Bonchev–Trinajstić information content (AvgIpc) is 3.43. The van der Waals surface area contributed by atoms with E-state index >= 15 is 0 Å². The van der Waals surface area contributed by atoms with Gasteiger partial charge in [-0.3, -0.25) is 10.1 Å². The van der Waals surface area contributed by atoms with Crippen LogP contribution in [-0.2, 0) is 16.6 Å². The highest BCUT2D eigenvalue weighted by atomic mass is 16.2. The Labute approximate surface area is 261 Å². The predicted molar refractivity (Wildman–Crippen MR) is 179 cm³/mol. The molecule has 0 radical (unpaired) electrons. The van der Waals surface area contributed by atoms with Crippen molar-refractivity contribution < 1.29 is 9.59 Å². The van der Waals surface area contributed by atoms with E-state index in [1.807, 2.05) is 61.5 Å². The van der Waals surface area contributed by atoms with Crippen LogP contribution in [0.2, 0.25) is 0 Å². The lowest BCUT2D eigenvalue weighted by atomic mass is 9.76. The van der Waals surface area contributed by atoms with Crippen LogP contribution in [-0.4, -0.2) is 34.7 Å². The zero-order chi connectivity index (χ0) is 31.3. The molecule has 1 aliphatic rings. The van der Waals surface area contributed by atoms with E-state index in [1.165, 1.54) is 11.1 Å². The van der Waals surface area contributed by atoms with Crippen molar-refractivity contribution in [1.29, 1.82) is 0 Å². The normalized spacial score (nSPS) is 14.7. The summed E-state index contributed by atoms with van der Waals surface area (Å²) in [5, 5.41) is 14.2. The number of aryl methyl sites for hydroxylation is 3. The van der Waals surface area contributed by atoms with E-state index in [0.29, 0.717) is 23.8 Å². The van der Waals surface area contributed by atoms with Gasteiger partial charge in [0.25, 0.3) is 0 Å². The van der Waals surface area contributed by atoms with Crippen LogP contribution in [0.1, 0.15) is 73.9 Å². The number of ketones is 1. The second kappa shape index (κ2) is 13.6. The number of hydrogen-bond acceptors (Lipinski definition) is 4. The first-order valence-electron chi connectivity index (χ1n) is 15.7. The molecule has 7 nitrogen and oxygen atoms in total. The van der Waals surface area contributed by atoms with Crippen molar-refractivity contribution in [2.45, 2.75) is 71.6 Å². The summed E-state index contributed by atoms with van der Waals surface area (Å²) in [6.07, 6.45) is 3.23. The summed E-state index contributed by atoms with van der Waals surface area (Å²) >= 11 is 0. The van der Waals surface area contributed by atoms with Gasteiger partial charge in [-0.25, -0.2) is 9.48 Å². The van der Waals surface area contributed by atoms with E-state index in [1.54, 1.807) is 4.68 Å². The van der Waals surface area contributed by atoms with Crippen LogP contribution >= 0.6 is 0 Å². The average molecular weight is 592 g/mol. The lowest BCUT2D eigenvalue weighted by Crippen LogP contribution is -2.33. The smallest absolute Gasteiger partial charge is 0.317 e. The van der Waals surface area contributed by atoms with Crippen LogP contribution in [0.5, 0.6) is 0 Å². The molecule has 1 saturated heterocycles. The molecule has 3 aromatic carbocycles. The Morgan fingerprint density at radius 2 is 1.50 bits per heavy atom. The van der Waals surface area contributed by atoms with Crippen LogP contribution in [0.15, 0.2) is 78.9 Å². The van der Waals surface area contributed by atoms with Gasteiger partial charge in [-0.05, 0) is 87.5 Å². The van der Waals surface area contributed by atoms with Gasteiger partial charge in [0.2, 0.25) is 0 Å². The highest BCUT2D eigenvalue weighted by Gasteiger charge is 2.30. The Bertz CT molecular complexity index is 1560. The predicted octanol–water partition coefficient (Wildman–Crippen LogP) is 7.72. The molecule has 44 heavy (non-hydrogen) atoms. The van der Waals surface area contributed by atoms with Crippen LogP contribution < -0.4 is 16.0 Å². The summed E-state index contributed by atoms with van der Waals surface area (Å²) in [4.78, 5) is 26.9. The molecule has 230 valence electrons. The highest BCUT2D eigenvalue weighted by Crippen LogP contribution is 2.34. The molecule has 4 aromatic rings. The van der Waals surface area contributed by atoms with E-state index in [2.05, 4.69) is 67.9 Å². The minimum Gasteiger partial charge on any atom is -0.317 e. The summed E-state index contributed by atoms with van der Waals surface area (Å²) in [5.41, 5.74) is 6.84. The zero-order valence-electron chi connectivity index (χ0n) is 26.6. The summed E-state index contributed by atoms with van der Waals surface area (Å²) in [5.74, 6) is 1.04. The molecule has 2 amide bonds. The summed E-state index contributed by atoms with van der Waals surface area (Å²) in [6.45, 7) is 12.3. The van der Waals surface area contributed by atoms with Crippen molar-refractivity contribution in [3.63, 3.8) is 0 Å². The van der Waals surface area contributed by atoms with Crippen molar-refractivity contribution >= 4 is 23.3 Å². The number of nitrogens with one attached hydrogen (secondary N) is 3. The molecule has 5 rings (SSSR count). The molecule has 0 spiro atoms. The standard InChI is InChI=1S/C37H45N5O2/c1-25-6-10-27(11-7-25)12-19-32(43)35(29-20-22-38-23-21-29)28-13-15-30(16-14-28)39-36(44)40-34-24-33(37(3,4)5)41-42(34)31-17-8-26(2)9-18-31/h6-11,13-18,24,29,35,38H,12,19-23H2,1-5H3,(H2,39,40,44). The second-order valence-electron chi connectivity index (χ2n) is 13.1. The second-order valence-corrected chi connectivity index (χ2v) is 13.1. The Morgan fingerprint density at radius 1 is 0.886 bits per heavy atom. The number of carbonyl (C=O) groups excluding carboxylic acids is 2. The molecule has 1 aromatic heterocycles. The van der Waals surface area contributed by atoms with E-state index in [-0.39, 0.29) is 23.1 Å². The topological polar surface area (TPSA) is 88.1 Å². The molecule has 1 unspecified atom stereocenters. The minimum atomic E-state index is -0.351.